The summed E-state index contributed by atoms with van der Waals surface area (Å²) in [6, 6.07) is 7.33. The Balaban J connectivity index is 2.47. The lowest BCUT2D eigenvalue weighted by molar-refractivity contribution is -0.132. The molecule has 1 saturated carbocycles. The molecule has 1 aliphatic rings. The van der Waals surface area contributed by atoms with Gasteiger partial charge in [0.2, 0.25) is 0 Å². The highest BCUT2D eigenvalue weighted by Crippen LogP contribution is 2.45. The van der Waals surface area contributed by atoms with Crippen molar-refractivity contribution in [3.05, 3.63) is 34.9 Å². The van der Waals surface area contributed by atoms with Gasteiger partial charge in [0.05, 0.1) is 5.41 Å². The second-order valence-electron chi connectivity index (χ2n) is 6.25. The molecular weight excluding hydrogens is 328 g/mol. The molecule has 6 heteroatoms. The Labute approximate surface area is 147 Å². The summed E-state index contributed by atoms with van der Waals surface area (Å²) in [5.41, 5.74) is 5.14. The third kappa shape index (κ3) is 3.90. The first-order valence-corrected chi connectivity index (χ1v) is 8.79. The second-order valence-corrected chi connectivity index (χ2v) is 6.66. The molecule has 0 saturated heterocycles. The number of ether oxygens (including phenoxy) is 1. The Morgan fingerprint density at radius 3 is 2.79 bits per heavy atom. The summed E-state index contributed by atoms with van der Waals surface area (Å²) in [6.45, 7) is 0.769. The summed E-state index contributed by atoms with van der Waals surface area (Å²) >= 11 is 6.42. The van der Waals surface area contributed by atoms with Crippen LogP contribution in [0.1, 0.15) is 44.1 Å². The Hall–Kier alpha value is -1.59. The number of nitrogens with one attached hydrogen (secondary N) is 1. The maximum Gasteiger partial charge on any atom is 0.404 e. The zero-order chi connectivity index (χ0) is 17.6. The van der Waals surface area contributed by atoms with Gasteiger partial charge in [-0.2, -0.15) is 0 Å². The van der Waals surface area contributed by atoms with Crippen LogP contribution >= 0.6 is 11.6 Å². The summed E-state index contributed by atoms with van der Waals surface area (Å²) < 4.78 is 5.45. The van der Waals surface area contributed by atoms with Gasteiger partial charge in [0.15, 0.2) is 0 Å². The molecular formula is C18H25ClN2O3. The number of benzene rings is 1. The van der Waals surface area contributed by atoms with Gasteiger partial charge in [-0.25, -0.2) is 4.79 Å². The van der Waals surface area contributed by atoms with Crippen LogP contribution in [0.3, 0.4) is 0 Å². The fourth-order valence-corrected chi connectivity index (χ4v) is 3.99. The molecule has 1 amide bonds. The molecule has 5 nitrogen and oxygen atoms in total. The highest BCUT2D eigenvalue weighted by molar-refractivity contribution is 6.31. The van der Waals surface area contributed by atoms with Gasteiger partial charge in [0.25, 0.3) is 0 Å². The Morgan fingerprint density at radius 2 is 2.17 bits per heavy atom. The summed E-state index contributed by atoms with van der Waals surface area (Å²) in [5, 5.41) is 3.60. The van der Waals surface area contributed by atoms with E-state index in [0.29, 0.717) is 24.3 Å². The third-order valence-corrected chi connectivity index (χ3v) is 5.11. The van der Waals surface area contributed by atoms with Gasteiger partial charge >= 0.3 is 6.09 Å². The minimum atomic E-state index is -0.903. The van der Waals surface area contributed by atoms with Gasteiger partial charge in [-0.3, -0.25) is 4.79 Å². The standard InChI is InChI=1S/C18H25ClN2O3/c1-21-12-6-10-16(24-17(20)23)18(11-5-4-9-15(18)22)13-7-2-3-8-14(13)19/h2-3,7-8,16,21H,4-6,9-12H2,1H3,(H2,20,23). The Morgan fingerprint density at radius 1 is 1.42 bits per heavy atom. The van der Waals surface area contributed by atoms with Gasteiger partial charge in [-0.1, -0.05) is 36.2 Å². The Kier molecular flexibility index (Phi) is 6.63. The van der Waals surface area contributed by atoms with Crippen LogP contribution in [0.4, 0.5) is 4.79 Å². The van der Waals surface area contributed by atoms with Crippen molar-refractivity contribution < 1.29 is 14.3 Å². The molecule has 1 aromatic carbocycles. The van der Waals surface area contributed by atoms with E-state index in [0.717, 1.165) is 31.4 Å². The van der Waals surface area contributed by atoms with Crippen LogP contribution in [0.5, 0.6) is 0 Å². The lowest BCUT2D eigenvalue weighted by Crippen LogP contribution is -2.51. The fraction of sp³-hybridized carbons (Fsp3) is 0.556. The molecule has 1 aromatic rings. The smallest absolute Gasteiger partial charge is 0.404 e. The average molecular weight is 353 g/mol. The molecule has 0 radical (unpaired) electrons. The van der Waals surface area contributed by atoms with E-state index in [2.05, 4.69) is 5.32 Å². The molecule has 0 aliphatic heterocycles. The number of primary amides is 1. The van der Waals surface area contributed by atoms with Crippen LogP contribution in [-0.4, -0.2) is 31.6 Å². The fourth-order valence-electron chi connectivity index (χ4n) is 3.68. The van der Waals surface area contributed by atoms with E-state index >= 15 is 0 Å². The van der Waals surface area contributed by atoms with Crippen LogP contribution in [-0.2, 0) is 14.9 Å². The molecule has 2 rings (SSSR count). The maximum absolute atomic E-state index is 13.0. The molecule has 132 valence electrons. The van der Waals surface area contributed by atoms with Gasteiger partial charge in [-0.05, 0) is 50.9 Å². The van der Waals surface area contributed by atoms with Crippen molar-refractivity contribution in [3.63, 3.8) is 0 Å². The number of Topliss-reactive ketones (excluding diaryl/α,β-unsaturated/α-hetero) is 1. The van der Waals surface area contributed by atoms with E-state index in [-0.39, 0.29) is 5.78 Å². The number of hydrogen-bond donors (Lipinski definition) is 2. The van der Waals surface area contributed by atoms with Gasteiger partial charge < -0.3 is 15.8 Å². The minimum absolute atomic E-state index is 0.0811. The predicted octanol–water partition coefficient (Wildman–Crippen LogP) is 3.18. The van der Waals surface area contributed by atoms with Gasteiger partial charge in [0.1, 0.15) is 11.9 Å². The number of hydrogen-bond acceptors (Lipinski definition) is 4. The van der Waals surface area contributed by atoms with Crippen molar-refractivity contribution in [1.29, 1.82) is 0 Å². The summed E-state index contributed by atoms with van der Waals surface area (Å²) in [4.78, 5) is 24.5. The molecule has 24 heavy (non-hydrogen) atoms. The van der Waals surface area contributed by atoms with Crippen molar-refractivity contribution in [3.8, 4) is 0 Å². The molecule has 0 heterocycles. The molecule has 0 spiro atoms. The summed E-state index contributed by atoms with van der Waals surface area (Å²) in [5.74, 6) is 0.0811. The summed E-state index contributed by atoms with van der Waals surface area (Å²) in [7, 11) is 1.86. The SMILES string of the molecule is CNCCCC(OC(N)=O)C1(c2ccccc2Cl)CCCCC1=O. The highest BCUT2D eigenvalue weighted by Gasteiger charge is 2.50. The monoisotopic (exact) mass is 352 g/mol. The van der Waals surface area contributed by atoms with E-state index in [1.807, 2.05) is 25.2 Å². The van der Waals surface area contributed by atoms with Gasteiger partial charge in [0, 0.05) is 11.4 Å². The largest absolute Gasteiger partial charge is 0.445 e. The van der Waals surface area contributed by atoms with Crippen LogP contribution in [0, 0.1) is 0 Å². The van der Waals surface area contributed by atoms with Gasteiger partial charge in [-0.15, -0.1) is 0 Å². The normalized spacial score (nSPS) is 22.2. The zero-order valence-electron chi connectivity index (χ0n) is 14.0. The first-order valence-electron chi connectivity index (χ1n) is 8.41. The van der Waals surface area contributed by atoms with Crippen molar-refractivity contribution in [1.82, 2.24) is 5.32 Å². The zero-order valence-corrected chi connectivity index (χ0v) is 14.8. The molecule has 2 atom stereocenters. The second kappa shape index (κ2) is 8.49. The van der Waals surface area contributed by atoms with Crippen molar-refractivity contribution in [2.45, 2.75) is 50.0 Å². The lowest BCUT2D eigenvalue weighted by atomic mass is 9.64. The highest BCUT2D eigenvalue weighted by atomic mass is 35.5. The van der Waals surface area contributed by atoms with Crippen LogP contribution in [0.2, 0.25) is 5.02 Å². The predicted molar refractivity (Wildman–Crippen MR) is 94.2 cm³/mol. The summed E-state index contributed by atoms with van der Waals surface area (Å²) in [6.07, 6.45) is 2.70. The molecule has 1 fully saturated rings. The number of amides is 1. The van der Waals surface area contributed by atoms with E-state index in [4.69, 9.17) is 22.1 Å². The molecule has 2 unspecified atom stereocenters. The lowest BCUT2D eigenvalue weighted by Gasteiger charge is -2.42. The number of halogens is 1. The number of carbonyl (C=O) groups is 2. The van der Waals surface area contributed by atoms with E-state index < -0.39 is 17.6 Å². The molecule has 0 bridgehead atoms. The number of nitrogens with two attached hydrogens (primary N) is 1. The number of rotatable bonds is 7. The van der Waals surface area contributed by atoms with E-state index in [1.54, 1.807) is 6.07 Å². The van der Waals surface area contributed by atoms with Crippen molar-refractivity contribution in [2.24, 2.45) is 5.73 Å². The number of carbonyl (C=O) groups excluding carboxylic acids is 2. The average Bonchev–Trinajstić information content (AvgIpc) is 2.55. The first kappa shape index (κ1) is 18.7. The first-order chi connectivity index (χ1) is 11.5. The van der Waals surface area contributed by atoms with Crippen molar-refractivity contribution in [2.75, 3.05) is 13.6 Å². The van der Waals surface area contributed by atoms with Crippen LogP contribution in [0.25, 0.3) is 0 Å². The number of ketones is 1. The molecule has 1 aliphatic carbocycles. The Bertz CT molecular complexity index is 593. The maximum atomic E-state index is 13.0. The minimum Gasteiger partial charge on any atom is -0.445 e. The van der Waals surface area contributed by atoms with E-state index in [1.165, 1.54) is 0 Å². The molecule has 0 aromatic heterocycles. The molecule has 3 N–H and O–H groups in total. The third-order valence-electron chi connectivity index (χ3n) is 4.78. The van der Waals surface area contributed by atoms with Crippen LogP contribution < -0.4 is 11.1 Å². The quantitative estimate of drug-likeness (QED) is 0.738. The van der Waals surface area contributed by atoms with Crippen molar-refractivity contribution >= 4 is 23.5 Å². The van der Waals surface area contributed by atoms with E-state index in [9.17, 15) is 9.59 Å². The topological polar surface area (TPSA) is 81.4 Å². The van der Waals surface area contributed by atoms with Crippen LogP contribution in [0.15, 0.2) is 24.3 Å².